The van der Waals surface area contributed by atoms with Crippen molar-refractivity contribution in [1.29, 1.82) is 0 Å². The van der Waals surface area contributed by atoms with Crippen molar-refractivity contribution in [3.05, 3.63) is 45.4 Å². The highest BCUT2D eigenvalue weighted by Crippen LogP contribution is 2.24. The van der Waals surface area contributed by atoms with Crippen LogP contribution in [0, 0.1) is 0 Å². The van der Waals surface area contributed by atoms with Gasteiger partial charge in [-0.15, -0.1) is 0 Å². The van der Waals surface area contributed by atoms with E-state index >= 15 is 0 Å². The molecule has 2 rings (SSSR count). The van der Waals surface area contributed by atoms with E-state index < -0.39 is 5.97 Å². The Morgan fingerprint density at radius 2 is 2.24 bits per heavy atom. The van der Waals surface area contributed by atoms with E-state index in [2.05, 4.69) is 20.3 Å². The second kappa shape index (κ2) is 5.29. The summed E-state index contributed by atoms with van der Waals surface area (Å²) in [4.78, 5) is 10.9. The Labute approximate surface area is 110 Å². The standard InChI is InChI=1S/C11H8BrNO3S/c12-8-3-1-2-4-9(8)16-6-7-5-10(11(14)15)17-13-7/h1-5H,6H2,(H,14,15). The summed E-state index contributed by atoms with van der Waals surface area (Å²) in [6, 6.07) is 8.98. The lowest BCUT2D eigenvalue weighted by Gasteiger charge is -2.05. The lowest BCUT2D eigenvalue weighted by Crippen LogP contribution is -1.96. The summed E-state index contributed by atoms with van der Waals surface area (Å²) in [6.45, 7) is 0.256. The van der Waals surface area contributed by atoms with Crippen molar-refractivity contribution in [2.75, 3.05) is 0 Å². The number of carboxylic acid groups (broad SMARTS) is 1. The van der Waals surface area contributed by atoms with Crippen molar-refractivity contribution in [3.63, 3.8) is 0 Å². The molecule has 0 amide bonds. The van der Waals surface area contributed by atoms with Gasteiger partial charge in [0.1, 0.15) is 17.2 Å². The average Bonchev–Trinajstić information content (AvgIpc) is 2.77. The van der Waals surface area contributed by atoms with E-state index in [0.717, 1.165) is 16.0 Å². The molecule has 0 aliphatic carbocycles. The molecule has 1 heterocycles. The molecule has 0 saturated heterocycles. The van der Waals surface area contributed by atoms with E-state index in [1.807, 2.05) is 24.3 Å². The fraction of sp³-hybridized carbons (Fsp3) is 0.0909. The number of ether oxygens (including phenoxy) is 1. The molecular formula is C11H8BrNO3S. The number of hydrogen-bond acceptors (Lipinski definition) is 4. The van der Waals surface area contributed by atoms with E-state index in [1.165, 1.54) is 6.07 Å². The van der Waals surface area contributed by atoms with Crippen LogP contribution in [0.25, 0.3) is 0 Å². The van der Waals surface area contributed by atoms with Gasteiger partial charge in [-0.05, 0) is 45.7 Å². The van der Waals surface area contributed by atoms with Crippen LogP contribution in [0.1, 0.15) is 15.4 Å². The Hall–Kier alpha value is -1.40. The van der Waals surface area contributed by atoms with Gasteiger partial charge in [-0.1, -0.05) is 12.1 Å². The Morgan fingerprint density at radius 3 is 2.88 bits per heavy atom. The van der Waals surface area contributed by atoms with Crippen LogP contribution in [-0.4, -0.2) is 15.4 Å². The lowest BCUT2D eigenvalue weighted by molar-refractivity contribution is 0.0702. The monoisotopic (exact) mass is 313 g/mol. The summed E-state index contributed by atoms with van der Waals surface area (Å²) >= 11 is 4.32. The maximum Gasteiger partial charge on any atom is 0.347 e. The van der Waals surface area contributed by atoms with Crippen LogP contribution in [0.4, 0.5) is 0 Å². The van der Waals surface area contributed by atoms with Gasteiger partial charge in [0.15, 0.2) is 0 Å². The molecule has 0 aliphatic heterocycles. The fourth-order valence-corrected chi connectivity index (χ4v) is 2.18. The molecular weight excluding hydrogens is 306 g/mol. The van der Waals surface area contributed by atoms with Crippen molar-refractivity contribution >= 4 is 33.4 Å². The van der Waals surface area contributed by atoms with Crippen LogP contribution in [-0.2, 0) is 6.61 Å². The van der Waals surface area contributed by atoms with Crippen LogP contribution in [0.5, 0.6) is 5.75 Å². The van der Waals surface area contributed by atoms with Gasteiger partial charge in [0.05, 0.1) is 10.2 Å². The number of hydrogen-bond donors (Lipinski definition) is 1. The van der Waals surface area contributed by atoms with E-state index in [-0.39, 0.29) is 11.5 Å². The molecule has 0 radical (unpaired) electrons. The number of halogens is 1. The van der Waals surface area contributed by atoms with Crippen LogP contribution in [0.15, 0.2) is 34.8 Å². The first-order valence-corrected chi connectivity index (χ1v) is 6.29. The zero-order valence-corrected chi connectivity index (χ0v) is 11.0. The minimum Gasteiger partial charge on any atom is -0.486 e. The number of rotatable bonds is 4. The molecule has 0 saturated carbocycles. The topological polar surface area (TPSA) is 59.4 Å². The molecule has 0 aliphatic rings. The van der Waals surface area contributed by atoms with Gasteiger partial charge in [-0.25, -0.2) is 4.79 Å². The normalized spacial score (nSPS) is 10.2. The average molecular weight is 314 g/mol. The maximum atomic E-state index is 10.7. The Kier molecular flexibility index (Phi) is 3.75. The molecule has 0 spiro atoms. The van der Waals surface area contributed by atoms with Gasteiger partial charge < -0.3 is 9.84 Å². The summed E-state index contributed by atoms with van der Waals surface area (Å²) in [7, 11) is 0. The van der Waals surface area contributed by atoms with Crippen LogP contribution in [0.2, 0.25) is 0 Å². The molecule has 88 valence electrons. The predicted octanol–water partition coefficient (Wildman–Crippen LogP) is 3.18. The number of carboxylic acids is 1. The highest BCUT2D eigenvalue weighted by molar-refractivity contribution is 9.10. The summed E-state index contributed by atoms with van der Waals surface area (Å²) in [5.74, 6) is -0.257. The van der Waals surface area contributed by atoms with Gasteiger partial charge >= 0.3 is 5.97 Å². The van der Waals surface area contributed by atoms with Crippen molar-refractivity contribution < 1.29 is 14.6 Å². The SMILES string of the molecule is O=C(O)c1cc(COc2ccccc2Br)ns1. The first-order valence-electron chi connectivity index (χ1n) is 4.73. The molecule has 0 atom stereocenters. The summed E-state index contributed by atoms with van der Waals surface area (Å²) in [6.07, 6.45) is 0. The van der Waals surface area contributed by atoms with Crippen molar-refractivity contribution in [2.45, 2.75) is 6.61 Å². The second-order valence-corrected chi connectivity index (χ2v) is 4.87. The minimum absolute atomic E-state index is 0.218. The highest BCUT2D eigenvalue weighted by atomic mass is 79.9. The number of carbonyl (C=O) groups is 1. The molecule has 6 heteroatoms. The Balaban J connectivity index is 2.02. The van der Waals surface area contributed by atoms with Crippen molar-refractivity contribution in [3.8, 4) is 5.75 Å². The molecule has 1 N–H and O–H groups in total. The van der Waals surface area contributed by atoms with Gasteiger partial charge in [0.25, 0.3) is 0 Å². The number of aromatic carboxylic acids is 1. The van der Waals surface area contributed by atoms with Crippen molar-refractivity contribution in [2.24, 2.45) is 0 Å². The summed E-state index contributed by atoms with van der Waals surface area (Å²) < 4.78 is 10.4. The summed E-state index contributed by atoms with van der Waals surface area (Å²) in [5.41, 5.74) is 0.614. The summed E-state index contributed by atoms with van der Waals surface area (Å²) in [5, 5.41) is 8.75. The minimum atomic E-state index is -0.963. The first kappa shape index (κ1) is 12.1. The van der Waals surface area contributed by atoms with E-state index in [0.29, 0.717) is 11.4 Å². The molecule has 4 nitrogen and oxygen atoms in total. The molecule has 0 fully saturated rings. The maximum absolute atomic E-state index is 10.7. The lowest BCUT2D eigenvalue weighted by atomic mass is 10.3. The molecule has 0 bridgehead atoms. The fourth-order valence-electron chi connectivity index (χ4n) is 1.19. The van der Waals surface area contributed by atoms with Crippen molar-refractivity contribution in [1.82, 2.24) is 4.37 Å². The Bertz CT molecular complexity index is 541. The zero-order chi connectivity index (χ0) is 12.3. The highest BCUT2D eigenvalue weighted by Gasteiger charge is 2.09. The third kappa shape index (κ3) is 3.04. The third-order valence-corrected chi connectivity index (χ3v) is 3.45. The smallest absolute Gasteiger partial charge is 0.347 e. The number of nitrogens with zero attached hydrogens (tertiary/aromatic N) is 1. The quantitative estimate of drug-likeness (QED) is 0.941. The molecule has 0 unspecified atom stereocenters. The second-order valence-electron chi connectivity index (χ2n) is 3.21. The zero-order valence-electron chi connectivity index (χ0n) is 8.59. The van der Waals surface area contributed by atoms with E-state index in [1.54, 1.807) is 0 Å². The van der Waals surface area contributed by atoms with E-state index in [9.17, 15) is 4.79 Å². The largest absolute Gasteiger partial charge is 0.486 e. The van der Waals surface area contributed by atoms with Gasteiger partial charge in [-0.2, -0.15) is 4.37 Å². The number of aromatic nitrogens is 1. The predicted molar refractivity (Wildman–Crippen MR) is 67.5 cm³/mol. The molecule has 1 aromatic carbocycles. The van der Waals surface area contributed by atoms with Gasteiger partial charge in [0.2, 0.25) is 0 Å². The molecule has 17 heavy (non-hydrogen) atoms. The van der Waals surface area contributed by atoms with Crippen LogP contribution < -0.4 is 4.74 Å². The number of para-hydroxylation sites is 1. The van der Waals surface area contributed by atoms with Crippen LogP contribution >= 0.6 is 27.5 Å². The van der Waals surface area contributed by atoms with Gasteiger partial charge in [-0.3, -0.25) is 0 Å². The van der Waals surface area contributed by atoms with E-state index in [4.69, 9.17) is 9.84 Å². The third-order valence-electron chi connectivity index (χ3n) is 1.98. The first-order chi connectivity index (χ1) is 8.16. The van der Waals surface area contributed by atoms with Crippen LogP contribution in [0.3, 0.4) is 0 Å². The van der Waals surface area contributed by atoms with Gasteiger partial charge in [0, 0.05) is 0 Å². The number of benzene rings is 1. The Morgan fingerprint density at radius 1 is 1.47 bits per heavy atom. The molecule has 1 aromatic heterocycles. The molecule has 2 aromatic rings.